The summed E-state index contributed by atoms with van der Waals surface area (Å²) >= 11 is 0. The molecule has 3 N–H and O–H groups in total. The number of nitrogens with one attached hydrogen (secondary N) is 1. The molecule has 0 saturated carbocycles. The predicted octanol–water partition coefficient (Wildman–Crippen LogP) is 1.42. The van der Waals surface area contributed by atoms with Crippen LogP contribution in [0.1, 0.15) is 24.9 Å². The van der Waals surface area contributed by atoms with Crippen LogP contribution >= 0.6 is 0 Å². The largest absolute Gasteiger partial charge is 0.367 e. The smallest absolute Gasteiger partial charge is 0.0307 e. The lowest BCUT2D eigenvalue weighted by molar-refractivity contribution is 0.700. The molecule has 2 heteroatoms. The fourth-order valence-electron chi connectivity index (χ4n) is 0.803. The second kappa shape index (κ2) is 2.69. The minimum atomic E-state index is 0.205. The van der Waals surface area contributed by atoms with E-state index in [1.54, 1.807) is 0 Å². The maximum absolute atomic E-state index is 5.72. The lowest BCUT2D eigenvalue weighted by atomic mass is 10.1. The molecule has 0 saturated heterocycles. The maximum atomic E-state index is 5.72. The van der Waals surface area contributed by atoms with Crippen molar-refractivity contribution in [2.75, 3.05) is 0 Å². The van der Waals surface area contributed by atoms with Crippen LogP contribution in [0.3, 0.4) is 0 Å². The van der Waals surface area contributed by atoms with Crippen molar-refractivity contribution in [2.45, 2.75) is 19.4 Å². The predicted molar refractivity (Wildman–Crippen MR) is 38.0 cm³/mol. The average molecular weight is 124 g/mol. The molecule has 0 fully saturated rings. The molecule has 0 aliphatic rings. The molecule has 1 aromatic rings. The molecule has 0 radical (unpaired) electrons. The van der Waals surface area contributed by atoms with Crippen LogP contribution in [0.15, 0.2) is 18.5 Å². The molecule has 0 aromatic carbocycles. The zero-order valence-corrected chi connectivity index (χ0v) is 5.59. The second-order valence-electron chi connectivity index (χ2n) is 2.16. The SMILES string of the molecule is CC[C@H](N)c1cc[nH]c1. The van der Waals surface area contributed by atoms with Gasteiger partial charge in [-0.1, -0.05) is 6.92 Å². The monoisotopic (exact) mass is 124 g/mol. The van der Waals surface area contributed by atoms with E-state index in [9.17, 15) is 0 Å². The molecule has 0 bridgehead atoms. The fraction of sp³-hybridized carbons (Fsp3) is 0.429. The van der Waals surface area contributed by atoms with Crippen molar-refractivity contribution >= 4 is 0 Å². The van der Waals surface area contributed by atoms with Crippen LogP contribution in [0.5, 0.6) is 0 Å². The number of H-pyrrole nitrogens is 1. The van der Waals surface area contributed by atoms with Crippen LogP contribution in [-0.4, -0.2) is 4.98 Å². The summed E-state index contributed by atoms with van der Waals surface area (Å²) in [5.74, 6) is 0. The molecule has 1 heterocycles. The zero-order chi connectivity index (χ0) is 6.69. The Hall–Kier alpha value is -0.760. The fourth-order valence-corrected chi connectivity index (χ4v) is 0.803. The Morgan fingerprint density at radius 2 is 2.56 bits per heavy atom. The molecular formula is C7H12N2. The minimum absolute atomic E-state index is 0.205. The highest BCUT2D eigenvalue weighted by molar-refractivity contribution is 5.12. The van der Waals surface area contributed by atoms with E-state index in [1.165, 1.54) is 5.56 Å². The van der Waals surface area contributed by atoms with Gasteiger partial charge in [-0.25, -0.2) is 0 Å². The van der Waals surface area contributed by atoms with Gasteiger partial charge in [-0.2, -0.15) is 0 Å². The van der Waals surface area contributed by atoms with Gasteiger partial charge in [-0.3, -0.25) is 0 Å². The normalized spacial score (nSPS) is 13.6. The van der Waals surface area contributed by atoms with Crippen molar-refractivity contribution in [1.82, 2.24) is 4.98 Å². The molecule has 0 aliphatic heterocycles. The van der Waals surface area contributed by atoms with Crippen molar-refractivity contribution in [3.8, 4) is 0 Å². The van der Waals surface area contributed by atoms with Gasteiger partial charge in [0.2, 0.25) is 0 Å². The average Bonchev–Trinajstić information content (AvgIpc) is 2.37. The standard InChI is InChI=1S/C7H12N2/c1-2-7(8)6-3-4-9-5-6/h3-5,7,9H,2,8H2,1H3/t7-/m0/s1. The van der Waals surface area contributed by atoms with Crippen molar-refractivity contribution < 1.29 is 0 Å². The van der Waals surface area contributed by atoms with Gasteiger partial charge in [0.25, 0.3) is 0 Å². The van der Waals surface area contributed by atoms with E-state index in [-0.39, 0.29) is 6.04 Å². The van der Waals surface area contributed by atoms with E-state index in [0.717, 1.165) is 6.42 Å². The number of hydrogen-bond acceptors (Lipinski definition) is 1. The van der Waals surface area contributed by atoms with E-state index in [4.69, 9.17) is 5.73 Å². The van der Waals surface area contributed by atoms with Gasteiger partial charge in [0, 0.05) is 18.4 Å². The van der Waals surface area contributed by atoms with E-state index in [0.29, 0.717) is 0 Å². The molecule has 0 amide bonds. The molecule has 1 atom stereocenters. The van der Waals surface area contributed by atoms with Crippen molar-refractivity contribution in [1.29, 1.82) is 0 Å². The third-order valence-electron chi connectivity index (χ3n) is 1.49. The number of aromatic amines is 1. The van der Waals surface area contributed by atoms with Crippen LogP contribution in [-0.2, 0) is 0 Å². The van der Waals surface area contributed by atoms with Gasteiger partial charge in [0.15, 0.2) is 0 Å². The summed E-state index contributed by atoms with van der Waals surface area (Å²) in [6.45, 7) is 2.08. The summed E-state index contributed by atoms with van der Waals surface area (Å²) in [6, 6.07) is 2.21. The quantitative estimate of drug-likeness (QED) is 0.615. The lowest BCUT2D eigenvalue weighted by Gasteiger charge is -2.03. The van der Waals surface area contributed by atoms with Gasteiger partial charge in [0.1, 0.15) is 0 Å². The molecule has 0 spiro atoms. The first-order chi connectivity index (χ1) is 4.34. The highest BCUT2D eigenvalue weighted by Gasteiger charge is 2.00. The van der Waals surface area contributed by atoms with Gasteiger partial charge in [-0.05, 0) is 18.1 Å². The Morgan fingerprint density at radius 1 is 1.78 bits per heavy atom. The first kappa shape index (κ1) is 6.36. The molecule has 1 aromatic heterocycles. The van der Waals surface area contributed by atoms with Gasteiger partial charge in [-0.15, -0.1) is 0 Å². The third kappa shape index (κ3) is 1.33. The van der Waals surface area contributed by atoms with Crippen LogP contribution < -0.4 is 5.73 Å². The van der Waals surface area contributed by atoms with Gasteiger partial charge >= 0.3 is 0 Å². The second-order valence-corrected chi connectivity index (χ2v) is 2.16. The summed E-state index contributed by atoms with van der Waals surface area (Å²) in [4.78, 5) is 2.96. The summed E-state index contributed by atoms with van der Waals surface area (Å²) in [7, 11) is 0. The molecule has 0 aliphatic carbocycles. The Bertz CT molecular complexity index is 155. The molecule has 0 unspecified atom stereocenters. The minimum Gasteiger partial charge on any atom is -0.367 e. The van der Waals surface area contributed by atoms with Crippen molar-refractivity contribution in [3.05, 3.63) is 24.0 Å². The Balaban J connectivity index is 2.65. The lowest BCUT2D eigenvalue weighted by Crippen LogP contribution is -2.06. The van der Waals surface area contributed by atoms with Crippen molar-refractivity contribution in [2.24, 2.45) is 5.73 Å². The van der Waals surface area contributed by atoms with E-state index < -0.39 is 0 Å². The van der Waals surface area contributed by atoms with Gasteiger partial charge < -0.3 is 10.7 Å². The third-order valence-corrected chi connectivity index (χ3v) is 1.49. The maximum Gasteiger partial charge on any atom is 0.0307 e. The number of aromatic nitrogens is 1. The van der Waals surface area contributed by atoms with Crippen LogP contribution in [0.2, 0.25) is 0 Å². The van der Waals surface area contributed by atoms with Crippen LogP contribution in [0.25, 0.3) is 0 Å². The molecular weight excluding hydrogens is 112 g/mol. The summed E-state index contributed by atoms with van der Waals surface area (Å²) < 4.78 is 0. The molecule has 2 nitrogen and oxygen atoms in total. The zero-order valence-electron chi connectivity index (χ0n) is 5.59. The number of nitrogens with two attached hydrogens (primary N) is 1. The van der Waals surface area contributed by atoms with Crippen LogP contribution in [0.4, 0.5) is 0 Å². The number of rotatable bonds is 2. The molecule has 50 valence electrons. The first-order valence-electron chi connectivity index (χ1n) is 3.23. The number of hydrogen-bond donors (Lipinski definition) is 2. The van der Waals surface area contributed by atoms with E-state index in [1.807, 2.05) is 18.5 Å². The highest BCUT2D eigenvalue weighted by Crippen LogP contribution is 2.10. The molecule has 9 heavy (non-hydrogen) atoms. The van der Waals surface area contributed by atoms with Crippen LogP contribution in [0, 0.1) is 0 Å². The van der Waals surface area contributed by atoms with E-state index in [2.05, 4.69) is 11.9 Å². The summed E-state index contributed by atoms with van der Waals surface area (Å²) in [6.07, 6.45) is 4.83. The highest BCUT2D eigenvalue weighted by atomic mass is 14.7. The van der Waals surface area contributed by atoms with Gasteiger partial charge in [0.05, 0.1) is 0 Å². The Kier molecular flexibility index (Phi) is 1.90. The first-order valence-corrected chi connectivity index (χ1v) is 3.23. The molecule has 1 rings (SSSR count). The Morgan fingerprint density at radius 3 is 3.00 bits per heavy atom. The van der Waals surface area contributed by atoms with E-state index >= 15 is 0 Å². The topological polar surface area (TPSA) is 41.8 Å². The summed E-state index contributed by atoms with van der Waals surface area (Å²) in [5, 5.41) is 0. The van der Waals surface area contributed by atoms with Crippen molar-refractivity contribution in [3.63, 3.8) is 0 Å². The summed E-state index contributed by atoms with van der Waals surface area (Å²) in [5.41, 5.74) is 6.91. The Labute approximate surface area is 55.1 Å².